The van der Waals surface area contributed by atoms with E-state index in [1.165, 1.54) is 64.2 Å². The molecule has 0 bridgehead atoms. The molecule has 1 aromatic rings. The average Bonchev–Trinajstić information content (AvgIpc) is 2.80. The standard InChI is InChI=1S/C30H48F2O/c1-5-7-8-9-11-22(3)33-29-27(31)20-25(21-28(29)32)24-16-18-30(4,19-17-24)26-14-12-23(10-6-2)13-15-26/h20-24,26H,5-19H2,1-4H3. The summed E-state index contributed by atoms with van der Waals surface area (Å²) in [6, 6.07) is 3.09. The third-order valence-electron chi connectivity index (χ3n) is 8.93. The van der Waals surface area contributed by atoms with E-state index in [-0.39, 0.29) is 17.8 Å². The van der Waals surface area contributed by atoms with E-state index >= 15 is 0 Å². The van der Waals surface area contributed by atoms with Crippen molar-refractivity contribution in [2.75, 3.05) is 0 Å². The van der Waals surface area contributed by atoms with Crippen molar-refractivity contribution in [1.82, 2.24) is 0 Å². The highest BCUT2D eigenvalue weighted by Crippen LogP contribution is 2.52. The number of benzene rings is 1. The van der Waals surface area contributed by atoms with Crippen molar-refractivity contribution in [3.8, 4) is 5.75 Å². The predicted octanol–water partition coefficient (Wildman–Crippen LogP) is 9.97. The zero-order chi connectivity index (χ0) is 23.8. The third kappa shape index (κ3) is 7.18. The molecule has 2 saturated carbocycles. The Labute approximate surface area is 202 Å². The van der Waals surface area contributed by atoms with E-state index in [1.807, 2.05) is 6.92 Å². The van der Waals surface area contributed by atoms with Gasteiger partial charge in [0, 0.05) is 0 Å². The lowest BCUT2D eigenvalue weighted by Crippen LogP contribution is -2.34. The molecule has 1 aromatic carbocycles. The largest absolute Gasteiger partial charge is 0.485 e. The summed E-state index contributed by atoms with van der Waals surface area (Å²) in [5.41, 5.74) is 1.22. The minimum absolute atomic E-state index is 0.167. The molecule has 0 aliphatic heterocycles. The van der Waals surface area contributed by atoms with E-state index in [0.29, 0.717) is 5.41 Å². The Hall–Kier alpha value is -1.12. The molecule has 1 unspecified atom stereocenters. The van der Waals surface area contributed by atoms with Crippen molar-refractivity contribution < 1.29 is 13.5 Å². The van der Waals surface area contributed by atoms with Crippen molar-refractivity contribution in [3.63, 3.8) is 0 Å². The molecule has 0 amide bonds. The monoisotopic (exact) mass is 462 g/mol. The van der Waals surface area contributed by atoms with Crippen LogP contribution in [-0.4, -0.2) is 6.10 Å². The van der Waals surface area contributed by atoms with E-state index < -0.39 is 11.6 Å². The molecule has 2 aliphatic carbocycles. The van der Waals surface area contributed by atoms with Crippen molar-refractivity contribution >= 4 is 0 Å². The van der Waals surface area contributed by atoms with Crippen molar-refractivity contribution in [2.24, 2.45) is 17.3 Å². The van der Waals surface area contributed by atoms with Gasteiger partial charge in [-0.15, -0.1) is 0 Å². The van der Waals surface area contributed by atoms with Crippen LogP contribution in [0.15, 0.2) is 12.1 Å². The van der Waals surface area contributed by atoms with E-state index in [1.54, 1.807) is 12.1 Å². The van der Waals surface area contributed by atoms with Crippen molar-refractivity contribution in [1.29, 1.82) is 0 Å². The first-order valence-electron chi connectivity index (χ1n) is 14.0. The molecule has 3 rings (SSSR count). The van der Waals surface area contributed by atoms with Crippen LogP contribution in [0.2, 0.25) is 0 Å². The smallest absolute Gasteiger partial charge is 0.191 e. The summed E-state index contributed by atoms with van der Waals surface area (Å²) in [6.07, 6.45) is 17.9. The van der Waals surface area contributed by atoms with Gasteiger partial charge in [0.25, 0.3) is 0 Å². The zero-order valence-corrected chi connectivity index (χ0v) is 21.7. The molecule has 33 heavy (non-hydrogen) atoms. The first-order valence-corrected chi connectivity index (χ1v) is 14.0. The lowest BCUT2D eigenvalue weighted by molar-refractivity contribution is 0.0655. The molecule has 1 atom stereocenters. The van der Waals surface area contributed by atoms with Gasteiger partial charge in [0.15, 0.2) is 17.4 Å². The summed E-state index contributed by atoms with van der Waals surface area (Å²) >= 11 is 0. The molecule has 0 heterocycles. The first-order chi connectivity index (χ1) is 15.9. The van der Waals surface area contributed by atoms with Gasteiger partial charge >= 0.3 is 0 Å². The molecule has 0 spiro atoms. The van der Waals surface area contributed by atoms with Crippen LogP contribution in [0.4, 0.5) is 8.78 Å². The maximum absolute atomic E-state index is 14.8. The van der Waals surface area contributed by atoms with Crippen molar-refractivity contribution in [3.05, 3.63) is 29.3 Å². The molecule has 188 valence electrons. The topological polar surface area (TPSA) is 9.23 Å². The Kier molecular flexibility index (Phi) is 10.1. The van der Waals surface area contributed by atoms with E-state index in [2.05, 4.69) is 20.8 Å². The molecular formula is C30H48F2O. The molecule has 1 nitrogen and oxygen atoms in total. The van der Waals surface area contributed by atoms with Crippen LogP contribution in [0.25, 0.3) is 0 Å². The zero-order valence-electron chi connectivity index (χ0n) is 21.7. The minimum atomic E-state index is -0.534. The molecular weight excluding hydrogens is 414 g/mol. The van der Waals surface area contributed by atoms with E-state index in [0.717, 1.165) is 49.5 Å². The normalized spacial score (nSPS) is 29.1. The number of hydrogen-bond donors (Lipinski definition) is 0. The number of halogens is 2. The predicted molar refractivity (Wildman–Crippen MR) is 135 cm³/mol. The number of rotatable bonds is 11. The summed E-state index contributed by atoms with van der Waals surface area (Å²) in [4.78, 5) is 0. The second-order valence-electron chi connectivity index (χ2n) is 11.5. The SMILES string of the molecule is CCCCCCC(C)Oc1c(F)cc(C2CCC(C)(C3CCC(CCC)CC3)CC2)cc1F. The second-order valence-corrected chi connectivity index (χ2v) is 11.5. The highest BCUT2D eigenvalue weighted by molar-refractivity contribution is 5.33. The number of hydrogen-bond acceptors (Lipinski definition) is 1. The van der Waals surface area contributed by atoms with Gasteiger partial charge in [0.05, 0.1) is 6.10 Å². The summed E-state index contributed by atoms with van der Waals surface area (Å²) < 4.78 is 35.4. The molecule has 0 N–H and O–H groups in total. The lowest BCUT2D eigenvalue weighted by atomic mass is 9.59. The Morgan fingerprint density at radius 3 is 2.12 bits per heavy atom. The van der Waals surface area contributed by atoms with Crippen LogP contribution in [0.1, 0.15) is 135 Å². The van der Waals surface area contributed by atoms with Crippen LogP contribution in [-0.2, 0) is 0 Å². The summed E-state index contributed by atoms with van der Waals surface area (Å²) in [5.74, 6) is 0.776. The van der Waals surface area contributed by atoms with Crippen LogP contribution >= 0.6 is 0 Å². The molecule has 2 fully saturated rings. The summed E-state index contributed by atoms with van der Waals surface area (Å²) in [5, 5.41) is 0. The van der Waals surface area contributed by atoms with Gasteiger partial charge in [-0.05, 0) is 99.2 Å². The van der Waals surface area contributed by atoms with E-state index in [9.17, 15) is 8.78 Å². The van der Waals surface area contributed by atoms with E-state index in [4.69, 9.17) is 4.74 Å². The quantitative estimate of drug-likeness (QED) is 0.297. The molecule has 0 aromatic heterocycles. The Bertz CT molecular complexity index is 691. The third-order valence-corrected chi connectivity index (χ3v) is 8.93. The molecule has 2 aliphatic rings. The van der Waals surface area contributed by atoms with Gasteiger partial charge in [0.1, 0.15) is 0 Å². The molecule has 0 radical (unpaired) electrons. The fourth-order valence-electron chi connectivity index (χ4n) is 6.62. The Morgan fingerprint density at radius 2 is 1.55 bits per heavy atom. The highest BCUT2D eigenvalue weighted by Gasteiger charge is 2.39. The summed E-state index contributed by atoms with van der Waals surface area (Å²) in [7, 11) is 0. The van der Waals surface area contributed by atoms with Crippen LogP contribution in [0.3, 0.4) is 0 Å². The lowest BCUT2D eigenvalue weighted by Gasteiger charge is -2.46. The molecule has 3 heteroatoms. The number of unbranched alkanes of at least 4 members (excludes halogenated alkanes) is 3. The maximum atomic E-state index is 14.8. The second kappa shape index (κ2) is 12.5. The average molecular weight is 463 g/mol. The van der Waals surface area contributed by atoms with Gasteiger partial charge in [-0.25, -0.2) is 8.78 Å². The summed E-state index contributed by atoms with van der Waals surface area (Å²) in [6.45, 7) is 8.87. The van der Waals surface area contributed by atoms with Gasteiger partial charge in [-0.2, -0.15) is 0 Å². The minimum Gasteiger partial charge on any atom is -0.485 e. The van der Waals surface area contributed by atoms with Gasteiger partial charge in [0.2, 0.25) is 0 Å². The Morgan fingerprint density at radius 1 is 0.909 bits per heavy atom. The Balaban J connectivity index is 1.54. The van der Waals surface area contributed by atoms with Crippen LogP contribution in [0.5, 0.6) is 5.75 Å². The molecule has 0 saturated heterocycles. The van der Waals surface area contributed by atoms with Gasteiger partial charge in [-0.1, -0.05) is 65.7 Å². The fraction of sp³-hybridized carbons (Fsp3) is 0.800. The van der Waals surface area contributed by atoms with Crippen LogP contribution in [0, 0.1) is 28.9 Å². The highest BCUT2D eigenvalue weighted by atomic mass is 19.1. The van der Waals surface area contributed by atoms with Crippen LogP contribution < -0.4 is 4.74 Å². The fourth-order valence-corrected chi connectivity index (χ4v) is 6.62. The first kappa shape index (κ1) is 26.5. The van der Waals surface area contributed by atoms with Gasteiger partial charge < -0.3 is 4.74 Å². The van der Waals surface area contributed by atoms with Gasteiger partial charge in [-0.3, -0.25) is 0 Å². The maximum Gasteiger partial charge on any atom is 0.191 e. The number of ether oxygens (including phenoxy) is 1. The van der Waals surface area contributed by atoms with Crippen molar-refractivity contribution in [2.45, 2.75) is 136 Å².